The number of allylic oxidation sites excluding steroid dienone is 1. The van der Waals surface area contributed by atoms with Gasteiger partial charge in [0.2, 0.25) is 0 Å². The first kappa shape index (κ1) is 20.5. The summed E-state index contributed by atoms with van der Waals surface area (Å²) >= 11 is 10.9. The number of esters is 1. The molecule has 0 bridgehead atoms. The second kappa shape index (κ2) is 8.85. The van der Waals surface area contributed by atoms with Crippen molar-refractivity contribution in [2.24, 2.45) is 0 Å². The number of ether oxygens (including phenoxy) is 1. The van der Waals surface area contributed by atoms with E-state index in [2.05, 4.69) is 15.6 Å². The summed E-state index contributed by atoms with van der Waals surface area (Å²) in [5.74, 6) is -1.29. The van der Waals surface area contributed by atoms with Gasteiger partial charge in [-0.15, -0.1) is 0 Å². The highest BCUT2D eigenvalue weighted by Gasteiger charge is 2.29. The Bertz CT molecular complexity index is 1030. The van der Waals surface area contributed by atoms with Crippen LogP contribution in [0.25, 0.3) is 6.08 Å². The summed E-state index contributed by atoms with van der Waals surface area (Å²) in [7, 11) is 0. The number of thiocarbonyl (C=S) groups is 1. The highest BCUT2D eigenvalue weighted by molar-refractivity contribution is 7.80. The van der Waals surface area contributed by atoms with Crippen molar-refractivity contribution in [1.29, 1.82) is 0 Å². The molecule has 0 aliphatic carbocycles. The molecule has 3 rings (SSSR count). The quantitative estimate of drug-likeness (QED) is 0.219. The predicted octanol–water partition coefficient (Wildman–Crippen LogP) is 3.23. The molecule has 0 fully saturated rings. The summed E-state index contributed by atoms with van der Waals surface area (Å²) in [6, 6.07) is 9.25. The van der Waals surface area contributed by atoms with Crippen LogP contribution < -0.4 is 15.4 Å². The number of hydrogen-bond donors (Lipinski definition) is 3. The summed E-state index contributed by atoms with van der Waals surface area (Å²) in [4.78, 5) is 27.5. The second-order valence-corrected chi connectivity index (χ2v) is 6.91. The summed E-state index contributed by atoms with van der Waals surface area (Å²) in [5, 5.41) is 15.9. The third-order valence-corrected chi connectivity index (χ3v) is 4.52. The van der Waals surface area contributed by atoms with E-state index in [0.29, 0.717) is 32.8 Å². The number of aliphatic carboxylic acids is 1. The fourth-order valence-electron chi connectivity index (χ4n) is 2.79. The Kier molecular flexibility index (Phi) is 6.26. The Morgan fingerprint density at radius 3 is 2.66 bits per heavy atom. The van der Waals surface area contributed by atoms with Gasteiger partial charge >= 0.3 is 11.9 Å². The van der Waals surface area contributed by atoms with Crippen molar-refractivity contribution < 1.29 is 19.4 Å². The van der Waals surface area contributed by atoms with Gasteiger partial charge in [-0.05, 0) is 60.6 Å². The lowest BCUT2D eigenvalue weighted by Crippen LogP contribution is -2.44. The normalized spacial score (nSPS) is 16.3. The lowest BCUT2D eigenvalue weighted by molar-refractivity contribution is -0.133. The van der Waals surface area contributed by atoms with Crippen molar-refractivity contribution in [3.8, 4) is 5.75 Å². The van der Waals surface area contributed by atoms with Crippen molar-refractivity contribution >= 4 is 46.9 Å². The molecule has 0 radical (unpaired) electrons. The second-order valence-electron chi connectivity index (χ2n) is 6.11. The molecule has 1 unspecified atom stereocenters. The van der Waals surface area contributed by atoms with Crippen molar-refractivity contribution in [2.75, 3.05) is 0 Å². The molecule has 0 saturated heterocycles. The zero-order valence-corrected chi connectivity index (χ0v) is 16.8. The number of pyridine rings is 1. The summed E-state index contributed by atoms with van der Waals surface area (Å²) in [6.45, 7) is 1.65. The minimum absolute atomic E-state index is 0.169. The van der Waals surface area contributed by atoms with Gasteiger partial charge < -0.3 is 20.5 Å². The molecule has 148 valence electrons. The van der Waals surface area contributed by atoms with Crippen molar-refractivity contribution in [3.63, 3.8) is 0 Å². The Labute approximate surface area is 177 Å². The number of aromatic nitrogens is 1. The molecule has 2 aromatic rings. The van der Waals surface area contributed by atoms with Gasteiger partial charge in [-0.1, -0.05) is 23.7 Å². The maximum atomic E-state index is 12.0. The van der Waals surface area contributed by atoms with E-state index in [1.807, 2.05) is 0 Å². The van der Waals surface area contributed by atoms with Gasteiger partial charge in [-0.2, -0.15) is 0 Å². The van der Waals surface area contributed by atoms with Crippen molar-refractivity contribution in [2.45, 2.75) is 13.0 Å². The minimum Gasteiger partial charge on any atom is -0.478 e. The third kappa shape index (κ3) is 5.18. The fourth-order valence-corrected chi connectivity index (χ4v) is 3.24. The molecule has 0 spiro atoms. The molecule has 1 atom stereocenters. The van der Waals surface area contributed by atoms with Crippen LogP contribution in [-0.2, 0) is 9.59 Å². The number of nitrogens with zero attached hydrogens (tertiary/aromatic N) is 1. The molecular formula is C20H16ClN3O4S. The molecule has 9 heteroatoms. The topological polar surface area (TPSA) is 101 Å². The predicted molar refractivity (Wildman–Crippen MR) is 112 cm³/mol. The van der Waals surface area contributed by atoms with Gasteiger partial charge in [0.15, 0.2) is 5.11 Å². The Balaban J connectivity index is 1.71. The van der Waals surface area contributed by atoms with E-state index in [9.17, 15) is 14.7 Å². The number of nitrogens with one attached hydrogen (secondary N) is 2. The fraction of sp³-hybridized carbons (Fsp3) is 0.100. The molecule has 1 aromatic heterocycles. The smallest absolute Gasteiger partial charge is 0.336 e. The molecule has 1 aliphatic rings. The average Bonchev–Trinajstić information content (AvgIpc) is 2.66. The Morgan fingerprint density at radius 2 is 2.00 bits per heavy atom. The molecule has 1 aliphatic heterocycles. The Morgan fingerprint density at radius 1 is 1.28 bits per heavy atom. The van der Waals surface area contributed by atoms with Crippen molar-refractivity contribution in [3.05, 3.63) is 76.2 Å². The van der Waals surface area contributed by atoms with Gasteiger partial charge in [-0.25, -0.2) is 14.6 Å². The largest absolute Gasteiger partial charge is 0.478 e. The first-order valence-electron chi connectivity index (χ1n) is 8.46. The summed E-state index contributed by atoms with van der Waals surface area (Å²) in [6.07, 6.45) is 4.38. The maximum Gasteiger partial charge on any atom is 0.336 e. The molecule has 2 heterocycles. The summed E-state index contributed by atoms with van der Waals surface area (Å²) < 4.78 is 5.26. The van der Waals surface area contributed by atoms with Crippen LogP contribution in [-0.4, -0.2) is 27.1 Å². The van der Waals surface area contributed by atoms with Gasteiger partial charge in [0.1, 0.15) is 10.9 Å². The third-order valence-electron chi connectivity index (χ3n) is 4.09. The number of carboxylic acid groups (broad SMARTS) is 1. The first-order chi connectivity index (χ1) is 13.8. The average molecular weight is 430 g/mol. The van der Waals surface area contributed by atoms with E-state index in [1.165, 1.54) is 12.3 Å². The van der Waals surface area contributed by atoms with Crippen LogP contribution in [0.5, 0.6) is 5.75 Å². The van der Waals surface area contributed by atoms with Crippen LogP contribution >= 0.6 is 23.8 Å². The van der Waals surface area contributed by atoms with E-state index in [0.717, 1.165) is 0 Å². The zero-order chi connectivity index (χ0) is 21.0. The SMILES string of the molecule is CC1=C(C(=O)O)C(c2ccc(OC(=O)C=Cc3ccnc(Cl)c3)cc2)NC(=S)N1. The van der Waals surface area contributed by atoms with E-state index in [1.54, 1.807) is 49.4 Å². The Hall–Kier alpha value is -3.23. The van der Waals surface area contributed by atoms with Crippen LogP contribution in [0.15, 0.2) is 59.9 Å². The van der Waals surface area contributed by atoms with Crippen LogP contribution in [0.3, 0.4) is 0 Å². The van der Waals surface area contributed by atoms with E-state index in [-0.39, 0.29) is 5.57 Å². The van der Waals surface area contributed by atoms with Gasteiger partial charge in [0, 0.05) is 18.0 Å². The minimum atomic E-state index is -1.05. The molecule has 0 saturated carbocycles. The van der Waals surface area contributed by atoms with Gasteiger partial charge in [-0.3, -0.25) is 0 Å². The zero-order valence-electron chi connectivity index (χ0n) is 15.2. The molecular weight excluding hydrogens is 414 g/mol. The molecule has 0 amide bonds. The molecule has 7 nitrogen and oxygen atoms in total. The number of benzene rings is 1. The standard InChI is InChI=1S/C20H16ClN3O4S/c1-11-17(19(26)27)18(24-20(29)23-11)13-3-5-14(6-4-13)28-16(25)7-2-12-8-9-22-15(21)10-12/h2-10,18H,1H3,(H,26,27)(H2,23,24,29). The number of carboxylic acids is 1. The summed E-state index contributed by atoms with van der Waals surface area (Å²) in [5.41, 5.74) is 2.03. The monoisotopic (exact) mass is 429 g/mol. The number of carbonyl (C=O) groups excluding carboxylic acids is 1. The highest BCUT2D eigenvalue weighted by Crippen LogP contribution is 2.28. The van der Waals surface area contributed by atoms with Crippen LogP contribution in [0.4, 0.5) is 0 Å². The van der Waals surface area contributed by atoms with Crippen LogP contribution in [0.2, 0.25) is 5.15 Å². The van der Waals surface area contributed by atoms with E-state index < -0.39 is 18.0 Å². The number of halogens is 1. The molecule has 29 heavy (non-hydrogen) atoms. The maximum absolute atomic E-state index is 12.0. The van der Waals surface area contributed by atoms with E-state index >= 15 is 0 Å². The van der Waals surface area contributed by atoms with Crippen LogP contribution in [0, 0.1) is 0 Å². The van der Waals surface area contributed by atoms with Gasteiger partial charge in [0.05, 0.1) is 11.6 Å². The van der Waals surface area contributed by atoms with Crippen LogP contribution in [0.1, 0.15) is 24.1 Å². The van der Waals surface area contributed by atoms with Gasteiger partial charge in [0.25, 0.3) is 0 Å². The number of hydrogen-bond acceptors (Lipinski definition) is 5. The highest BCUT2D eigenvalue weighted by atomic mass is 35.5. The lowest BCUT2D eigenvalue weighted by Gasteiger charge is -2.28. The molecule has 3 N–H and O–H groups in total. The number of rotatable bonds is 5. The van der Waals surface area contributed by atoms with Crippen molar-refractivity contribution in [1.82, 2.24) is 15.6 Å². The van der Waals surface area contributed by atoms with E-state index in [4.69, 9.17) is 28.6 Å². The number of carbonyl (C=O) groups is 2. The lowest BCUT2D eigenvalue weighted by atomic mass is 9.96. The molecule has 1 aromatic carbocycles. The first-order valence-corrected chi connectivity index (χ1v) is 9.25.